The summed E-state index contributed by atoms with van der Waals surface area (Å²) in [5.41, 5.74) is 4.52. The second-order valence-corrected chi connectivity index (χ2v) is 6.24. The van der Waals surface area contributed by atoms with Crippen LogP contribution in [0.5, 0.6) is 0 Å². The van der Waals surface area contributed by atoms with Gasteiger partial charge in [0.2, 0.25) is 0 Å². The first-order valence-corrected chi connectivity index (χ1v) is 8.34. The Morgan fingerprint density at radius 2 is 2.08 bits per heavy atom. The van der Waals surface area contributed by atoms with E-state index in [9.17, 15) is 9.50 Å². The van der Waals surface area contributed by atoms with Crippen LogP contribution in [-0.2, 0) is 6.42 Å². The Bertz CT molecular complexity index is 934. The minimum absolute atomic E-state index is 0.255. The lowest BCUT2D eigenvalue weighted by Gasteiger charge is -2.07. The van der Waals surface area contributed by atoms with Crippen molar-refractivity contribution in [2.75, 3.05) is 0 Å². The molecular formula is C18H22FN5O. The Balaban J connectivity index is 2.02. The van der Waals surface area contributed by atoms with Crippen LogP contribution < -0.4 is 0 Å². The summed E-state index contributed by atoms with van der Waals surface area (Å²) in [6, 6.07) is 3.82. The van der Waals surface area contributed by atoms with Gasteiger partial charge in [-0.2, -0.15) is 0 Å². The van der Waals surface area contributed by atoms with Crippen LogP contribution in [-0.4, -0.2) is 35.6 Å². The Morgan fingerprint density at radius 3 is 2.72 bits per heavy atom. The Labute approximate surface area is 145 Å². The summed E-state index contributed by atoms with van der Waals surface area (Å²) in [4.78, 5) is 4.48. The molecule has 1 atom stereocenters. The van der Waals surface area contributed by atoms with Crippen molar-refractivity contribution in [3.8, 4) is 11.3 Å². The van der Waals surface area contributed by atoms with Crippen LogP contribution >= 0.6 is 0 Å². The molecular weight excluding hydrogens is 321 g/mol. The number of hydrogen-bond acceptors (Lipinski definition) is 4. The second-order valence-electron chi connectivity index (χ2n) is 6.24. The minimum Gasteiger partial charge on any atom is -0.393 e. The average Bonchev–Trinajstić information content (AvgIpc) is 3.10. The van der Waals surface area contributed by atoms with Crippen molar-refractivity contribution >= 4 is 11.3 Å². The van der Waals surface area contributed by atoms with Crippen molar-refractivity contribution in [3.05, 3.63) is 41.7 Å². The summed E-state index contributed by atoms with van der Waals surface area (Å²) >= 11 is 0. The van der Waals surface area contributed by atoms with Crippen molar-refractivity contribution in [3.63, 3.8) is 0 Å². The monoisotopic (exact) mass is 343 g/mol. The van der Waals surface area contributed by atoms with Crippen molar-refractivity contribution in [1.29, 1.82) is 0 Å². The van der Waals surface area contributed by atoms with Gasteiger partial charge in [-0.3, -0.25) is 0 Å². The maximum Gasteiger partial charge on any atom is 0.137 e. The molecule has 0 fully saturated rings. The highest BCUT2D eigenvalue weighted by atomic mass is 19.1. The van der Waals surface area contributed by atoms with Crippen LogP contribution in [0, 0.1) is 6.92 Å². The van der Waals surface area contributed by atoms with E-state index in [2.05, 4.69) is 15.3 Å². The van der Waals surface area contributed by atoms with E-state index in [-0.39, 0.29) is 5.83 Å². The lowest BCUT2D eigenvalue weighted by atomic mass is 10.1. The van der Waals surface area contributed by atoms with Gasteiger partial charge in [0.25, 0.3) is 0 Å². The fourth-order valence-corrected chi connectivity index (χ4v) is 2.98. The number of aromatic nitrogens is 5. The van der Waals surface area contributed by atoms with Gasteiger partial charge < -0.3 is 9.51 Å². The standard InChI is InChI=1S/C18H22FN5O/c1-5-16(12(3)19)24-13(4)18(21-22-24)14-6-7-17-20-15(8-11(2)25)10-23(17)9-14/h6-7,9-11,25H,5,8H2,1-4H3/b16-12-. The van der Waals surface area contributed by atoms with Crippen molar-refractivity contribution < 1.29 is 9.50 Å². The molecule has 0 radical (unpaired) electrons. The Morgan fingerprint density at radius 1 is 1.32 bits per heavy atom. The van der Waals surface area contributed by atoms with Gasteiger partial charge in [-0.1, -0.05) is 12.1 Å². The van der Waals surface area contributed by atoms with E-state index in [0.717, 1.165) is 22.6 Å². The molecule has 0 aliphatic rings. The molecule has 0 spiro atoms. The minimum atomic E-state index is -0.435. The molecule has 25 heavy (non-hydrogen) atoms. The molecule has 0 aromatic carbocycles. The molecule has 0 amide bonds. The zero-order valence-electron chi connectivity index (χ0n) is 14.9. The number of nitrogens with zero attached hydrogens (tertiary/aromatic N) is 5. The van der Waals surface area contributed by atoms with Crippen molar-refractivity contribution in [2.24, 2.45) is 0 Å². The third-order valence-electron chi connectivity index (χ3n) is 4.16. The number of hydrogen-bond donors (Lipinski definition) is 1. The average molecular weight is 343 g/mol. The van der Waals surface area contributed by atoms with Gasteiger partial charge in [-0.15, -0.1) is 5.10 Å². The van der Waals surface area contributed by atoms with Crippen LogP contribution in [0.1, 0.15) is 38.6 Å². The lowest BCUT2D eigenvalue weighted by molar-refractivity contribution is 0.194. The maximum absolute atomic E-state index is 13.7. The van der Waals surface area contributed by atoms with Gasteiger partial charge in [-0.25, -0.2) is 14.1 Å². The van der Waals surface area contributed by atoms with E-state index >= 15 is 0 Å². The molecule has 0 bridgehead atoms. The fraction of sp³-hybridized carbons (Fsp3) is 0.389. The summed E-state index contributed by atoms with van der Waals surface area (Å²) in [5.74, 6) is -0.255. The molecule has 1 unspecified atom stereocenters. The van der Waals surface area contributed by atoms with E-state index in [1.54, 1.807) is 11.6 Å². The fourth-order valence-electron chi connectivity index (χ4n) is 2.98. The van der Waals surface area contributed by atoms with Crippen LogP contribution in [0.2, 0.25) is 0 Å². The normalized spacial score (nSPS) is 14.0. The number of allylic oxidation sites excluding steroid dienone is 2. The first kappa shape index (κ1) is 17.3. The smallest absolute Gasteiger partial charge is 0.137 e. The first-order chi connectivity index (χ1) is 11.9. The van der Waals surface area contributed by atoms with Crippen LogP contribution in [0.15, 0.2) is 30.4 Å². The Hall–Kier alpha value is -2.54. The zero-order valence-corrected chi connectivity index (χ0v) is 14.9. The number of imidazole rings is 1. The molecule has 132 valence electrons. The van der Waals surface area contributed by atoms with Crippen LogP contribution in [0.25, 0.3) is 22.6 Å². The largest absolute Gasteiger partial charge is 0.393 e. The second kappa shape index (κ2) is 6.76. The van der Waals surface area contributed by atoms with Crippen molar-refractivity contribution in [2.45, 2.75) is 46.6 Å². The molecule has 1 N–H and O–H groups in total. The summed E-state index contributed by atoms with van der Waals surface area (Å²) in [7, 11) is 0. The molecule has 0 saturated heterocycles. The van der Waals surface area contributed by atoms with E-state index in [0.29, 0.717) is 24.2 Å². The lowest BCUT2D eigenvalue weighted by Crippen LogP contribution is -2.03. The first-order valence-electron chi connectivity index (χ1n) is 8.34. The molecule has 3 rings (SSSR count). The zero-order chi connectivity index (χ0) is 18.1. The highest BCUT2D eigenvalue weighted by Crippen LogP contribution is 2.25. The predicted molar refractivity (Wildman–Crippen MR) is 94.6 cm³/mol. The molecule has 3 aromatic rings. The SMILES string of the molecule is CC/C(=C(\C)F)n1nnc(-c2ccc3nc(CC(C)O)cn3c2)c1C. The molecule has 3 aromatic heterocycles. The Kier molecular flexibility index (Phi) is 4.67. The number of fused-ring (bicyclic) bond motifs is 1. The topological polar surface area (TPSA) is 68.2 Å². The molecule has 7 heteroatoms. The number of rotatable bonds is 5. The summed E-state index contributed by atoms with van der Waals surface area (Å²) < 4.78 is 17.2. The maximum atomic E-state index is 13.7. The third kappa shape index (κ3) is 3.32. The number of pyridine rings is 1. The quantitative estimate of drug-likeness (QED) is 0.771. The van der Waals surface area contributed by atoms with Crippen molar-refractivity contribution in [1.82, 2.24) is 24.4 Å². The van der Waals surface area contributed by atoms with E-state index in [1.165, 1.54) is 6.92 Å². The van der Waals surface area contributed by atoms with Crippen LogP contribution in [0.3, 0.4) is 0 Å². The highest BCUT2D eigenvalue weighted by Gasteiger charge is 2.15. The molecule has 0 saturated carbocycles. The van der Waals surface area contributed by atoms with Gasteiger partial charge in [0.15, 0.2) is 0 Å². The van der Waals surface area contributed by atoms with Gasteiger partial charge in [0.1, 0.15) is 17.2 Å². The van der Waals surface area contributed by atoms with E-state index in [1.807, 2.05) is 42.8 Å². The molecule has 0 aliphatic heterocycles. The molecule has 3 heterocycles. The number of halogens is 1. The predicted octanol–water partition coefficient (Wildman–Crippen LogP) is 3.39. The number of aliphatic hydroxyl groups is 1. The number of aliphatic hydroxyl groups excluding tert-OH is 1. The summed E-state index contributed by atoms with van der Waals surface area (Å²) in [6.45, 7) is 6.94. The van der Waals surface area contributed by atoms with Gasteiger partial charge in [0.05, 0.1) is 23.2 Å². The van der Waals surface area contributed by atoms with E-state index < -0.39 is 6.10 Å². The molecule has 6 nitrogen and oxygen atoms in total. The summed E-state index contributed by atoms with van der Waals surface area (Å²) in [5, 5.41) is 17.9. The van der Waals surface area contributed by atoms with Crippen LogP contribution in [0.4, 0.5) is 4.39 Å². The van der Waals surface area contributed by atoms with Gasteiger partial charge in [-0.05, 0) is 39.3 Å². The van der Waals surface area contributed by atoms with Gasteiger partial charge in [0, 0.05) is 24.4 Å². The van der Waals surface area contributed by atoms with E-state index in [4.69, 9.17) is 0 Å². The summed E-state index contributed by atoms with van der Waals surface area (Å²) in [6.07, 6.45) is 4.43. The van der Waals surface area contributed by atoms with Gasteiger partial charge >= 0.3 is 0 Å². The third-order valence-corrected chi connectivity index (χ3v) is 4.16. The molecule has 0 aliphatic carbocycles. The highest BCUT2D eigenvalue weighted by molar-refractivity contribution is 5.64.